The maximum atomic E-state index is 14.1. The van der Waals surface area contributed by atoms with Crippen molar-refractivity contribution in [3.63, 3.8) is 0 Å². The number of amides is 2. The van der Waals surface area contributed by atoms with Gasteiger partial charge in [-0.25, -0.2) is 0 Å². The van der Waals surface area contributed by atoms with E-state index < -0.39 is 5.92 Å². The molecule has 4 rings (SSSR count). The largest absolute Gasteiger partial charge is 0.496 e. The van der Waals surface area contributed by atoms with Gasteiger partial charge in [0.1, 0.15) is 5.75 Å². The summed E-state index contributed by atoms with van der Waals surface area (Å²) in [7, 11) is 1.63. The SMILES string of the molecule is COc1ccccc1[C@H]1CN(C(C)=O)CCN1C(=O)C(c1ccccc1)c1ccccc1. The fraction of sp³-hybridized carbons (Fsp3) is 0.259. The molecule has 0 bridgehead atoms. The predicted molar refractivity (Wildman–Crippen MR) is 124 cm³/mol. The zero-order chi connectivity index (χ0) is 22.5. The summed E-state index contributed by atoms with van der Waals surface area (Å²) >= 11 is 0. The van der Waals surface area contributed by atoms with Gasteiger partial charge < -0.3 is 14.5 Å². The Bertz CT molecular complexity index is 1030. The van der Waals surface area contributed by atoms with Gasteiger partial charge in [-0.3, -0.25) is 9.59 Å². The molecule has 1 aliphatic rings. The van der Waals surface area contributed by atoms with Gasteiger partial charge >= 0.3 is 0 Å². The van der Waals surface area contributed by atoms with E-state index in [0.29, 0.717) is 19.6 Å². The van der Waals surface area contributed by atoms with E-state index in [1.54, 1.807) is 18.9 Å². The smallest absolute Gasteiger partial charge is 0.235 e. The molecule has 1 saturated heterocycles. The molecular formula is C27H28N2O3. The molecule has 164 valence electrons. The first kappa shape index (κ1) is 21.6. The summed E-state index contributed by atoms with van der Waals surface area (Å²) in [5, 5.41) is 0. The highest BCUT2D eigenvalue weighted by Crippen LogP contribution is 2.36. The van der Waals surface area contributed by atoms with Gasteiger partial charge in [-0.15, -0.1) is 0 Å². The number of hydrogen-bond acceptors (Lipinski definition) is 3. The Balaban J connectivity index is 1.77. The fourth-order valence-corrected chi connectivity index (χ4v) is 4.48. The highest BCUT2D eigenvalue weighted by molar-refractivity contribution is 5.88. The van der Waals surface area contributed by atoms with Crippen LogP contribution < -0.4 is 4.74 Å². The van der Waals surface area contributed by atoms with Crippen molar-refractivity contribution in [2.24, 2.45) is 0 Å². The second-order valence-corrected chi connectivity index (χ2v) is 8.01. The van der Waals surface area contributed by atoms with Crippen molar-refractivity contribution in [3.8, 4) is 5.75 Å². The van der Waals surface area contributed by atoms with Crippen molar-refractivity contribution < 1.29 is 14.3 Å². The third-order valence-electron chi connectivity index (χ3n) is 6.12. The van der Waals surface area contributed by atoms with Gasteiger partial charge in [0.2, 0.25) is 11.8 Å². The lowest BCUT2D eigenvalue weighted by atomic mass is 9.88. The molecule has 0 aliphatic carbocycles. The summed E-state index contributed by atoms with van der Waals surface area (Å²) in [5.41, 5.74) is 2.82. The topological polar surface area (TPSA) is 49.9 Å². The normalized spacial score (nSPS) is 16.2. The number of piperazine rings is 1. The molecule has 1 heterocycles. The molecule has 1 fully saturated rings. The highest BCUT2D eigenvalue weighted by atomic mass is 16.5. The lowest BCUT2D eigenvalue weighted by Gasteiger charge is -2.43. The minimum atomic E-state index is -0.418. The van der Waals surface area contributed by atoms with Gasteiger partial charge in [-0.2, -0.15) is 0 Å². The second-order valence-electron chi connectivity index (χ2n) is 8.01. The molecule has 0 radical (unpaired) electrons. The van der Waals surface area contributed by atoms with Crippen LogP contribution in [0.2, 0.25) is 0 Å². The van der Waals surface area contributed by atoms with Crippen molar-refractivity contribution in [1.82, 2.24) is 9.80 Å². The third-order valence-corrected chi connectivity index (χ3v) is 6.12. The van der Waals surface area contributed by atoms with Crippen LogP contribution in [0.4, 0.5) is 0 Å². The monoisotopic (exact) mass is 428 g/mol. The summed E-state index contributed by atoms with van der Waals surface area (Å²) in [6, 6.07) is 27.2. The van der Waals surface area contributed by atoms with Crippen LogP contribution in [0.1, 0.15) is 35.6 Å². The Morgan fingerprint density at radius 1 is 0.844 bits per heavy atom. The Morgan fingerprint density at radius 3 is 1.97 bits per heavy atom. The van der Waals surface area contributed by atoms with Crippen LogP contribution in [0.3, 0.4) is 0 Å². The second kappa shape index (κ2) is 9.69. The number of ether oxygens (including phenoxy) is 1. The zero-order valence-corrected chi connectivity index (χ0v) is 18.5. The standard InChI is InChI=1S/C27H28N2O3/c1-20(30)28-17-18-29(24(19-28)23-15-9-10-16-25(23)32-2)27(31)26(21-11-5-3-6-12-21)22-13-7-4-8-14-22/h3-16,24,26H,17-19H2,1-2H3/t24-/m1/s1. The zero-order valence-electron chi connectivity index (χ0n) is 18.5. The molecule has 3 aromatic carbocycles. The first-order chi connectivity index (χ1) is 15.6. The maximum absolute atomic E-state index is 14.1. The third kappa shape index (κ3) is 4.37. The lowest BCUT2D eigenvalue weighted by Crippen LogP contribution is -2.53. The van der Waals surface area contributed by atoms with Crippen molar-refractivity contribution in [3.05, 3.63) is 102 Å². The highest BCUT2D eigenvalue weighted by Gasteiger charge is 2.37. The number of rotatable bonds is 5. The van der Waals surface area contributed by atoms with E-state index in [2.05, 4.69) is 0 Å². The maximum Gasteiger partial charge on any atom is 0.235 e. The number of carbonyl (C=O) groups excluding carboxylic acids is 2. The van der Waals surface area contributed by atoms with Crippen molar-refractivity contribution >= 4 is 11.8 Å². The van der Waals surface area contributed by atoms with E-state index >= 15 is 0 Å². The summed E-state index contributed by atoms with van der Waals surface area (Å²) in [4.78, 5) is 30.0. The summed E-state index contributed by atoms with van der Waals surface area (Å²) in [6.45, 7) is 3.01. The molecule has 5 nitrogen and oxygen atoms in total. The molecule has 0 aromatic heterocycles. The van der Waals surface area contributed by atoms with E-state index in [9.17, 15) is 9.59 Å². The molecular weight excluding hydrogens is 400 g/mol. The molecule has 1 atom stereocenters. The predicted octanol–water partition coefficient (Wildman–Crippen LogP) is 4.26. The molecule has 5 heteroatoms. The van der Waals surface area contributed by atoms with Crippen molar-refractivity contribution in [2.75, 3.05) is 26.7 Å². The number of benzene rings is 3. The van der Waals surface area contributed by atoms with Gasteiger partial charge in [-0.1, -0.05) is 78.9 Å². The van der Waals surface area contributed by atoms with Crippen LogP contribution in [0.25, 0.3) is 0 Å². The number of nitrogens with zero attached hydrogens (tertiary/aromatic N) is 2. The molecule has 1 aliphatic heterocycles. The Labute approximate surface area is 189 Å². The van der Waals surface area contributed by atoms with E-state index in [1.807, 2.05) is 89.8 Å². The summed E-state index contributed by atoms with van der Waals surface area (Å²) < 4.78 is 5.61. The number of para-hydroxylation sites is 1. The minimum Gasteiger partial charge on any atom is -0.496 e. The Morgan fingerprint density at radius 2 is 1.41 bits per heavy atom. The van der Waals surface area contributed by atoms with E-state index in [1.165, 1.54) is 0 Å². The van der Waals surface area contributed by atoms with Crippen molar-refractivity contribution in [2.45, 2.75) is 18.9 Å². The fourth-order valence-electron chi connectivity index (χ4n) is 4.48. The van der Waals surface area contributed by atoms with Gasteiger partial charge in [0.05, 0.1) is 19.1 Å². The summed E-state index contributed by atoms with van der Waals surface area (Å²) in [6.07, 6.45) is 0. The lowest BCUT2D eigenvalue weighted by molar-refractivity contribution is -0.142. The average molecular weight is 429 g/mol. The quantitative estimate of drug-likeness (QED) is 0.610. The molecule has 0 spiro atoms. The molecule has 0 unspecified atom stereocenters. The molecule has 3 aromatic rings. The average Bonchev–Trinajstić information content (AvgIpc) is 2.85. The minimum absolute atomic E-state index is 0.0136. The van der Waals surface area contributed by atoms with E-state index in [0.717, 1.165) is 22.4 Å². The van der Waals surface area contributed by atoms with Crippen LogP contribution in [0, 0.1) is 0 Å². The van der Waals surface area contributed by atoms with Gasteiger partial charge in [0.25, 0.3) is 0 Å². The van der Waals surface area contributed by atoms with E-state index in [-0.39, 0.29) is 17.9 Å². The summed E-state index contributed by atoms with van der Waals surface area (Å²) in [5.74, 6) is 0.344. The Hall–Kier alpha value is -3.60. The van der Waals surface area contributed by atoms with Gasteiger partial charge in [0, 0.05) is 32.1 Å². The van der Waals surface area contributed by atoms with Crippen LogP contribution in [0.5, 0.6) is 5.75 Å². The van der Waals surface area contributed by atoms with Gasteiger partial charge in [-0.05, 0) is 17.2 Å². The molecule has 0 N–H and O–H groups in total. The number of carbonyl (C=O) groups is 2. The van der Waals surface area contributed by atoms with Crippen molar-refractivity contribution in [1.29, 1.82) is 0 Å². The van der Waals surface area contributed by atoms with Crippen LogP contribution in [-0.2, 0) is 9.59 Å². The van der Waals surface area contributed by atoms with Crippen LogP contribution >= 0.6 is 0 Å². The Kier molecular flexibility index (Phi) is 6.55. The van der Waals surface area contributed by atoms with Crippen LogP contribution in [-0.4, -0.2) is 48.4 Å². The molecule has 0 saturated carbocycles. The first-order valence-corrected chi connectivity index (χ1v) is 10.9. The molecule has 32 heavy (non-hydrogen) atoms. The first-order valence-electron chi connectivity index (χ1n) is 10.9. The van der Waals surface area contributed by atoms with Gasteiger partial charge in [0.15, 0.2) is 0 Å². The number of hydrogen-bond donors (Lipinski definition) is 0. The van der Waals surface area contributed by atoms with E-state index in [4.69, 9.17) is 4.74 Å². The number of methoxy groups -OCH3 is 1. The van der Waals surface area contributed by atoms with Crippen LogP contribution in [0.15, 0.2) is 84.9 Å². The molecule has 2 amide bonds.